The van der Waals surface area contributed by atoms with Gasteiger partial charge in [-0.2, -0.15) is 0 Å². The highest BCUT2D eigenvalue weighted by Gasteiger charge is 2.23. The summed E-state index contributed by atoms with van der Waals surface area (Å²) < 4.78 is 0. The molecule has 1 aliphatic heterocycles. The Morgan fingerprint density at radius 3 is 2.50 bits per heavy atom. The molecule has 1 aromatic carbocycles. The number of piperazine rings is 1. The number of carbonyl (C=O) groups is 1. The van der Waals surface area contributed by atoms with Crippen LogP contribution in [0.2, 0.25) is 5.02 Å². The van der Waals surface area contributed by atoms with Crippen molar-refractivity contribution >= 4 is 35.0 Å². The van der Waals surface area contributed by atoms with Crippen LogP contribution >= 0.6 is 11.6 Å². The molecule has 0 bridgehead atoms. The largest absolute Gasteiger partial charge is 0.363 e. The fourth-order valence-corrected chi connectivity index (χ4v) is 3.01. The van der Waals surface area contributed by atoms with Crippen LogP contribution in [0.25, 0.3) is 0 Å². The van der Waals surface area contributed by atoms with Gasteiger partial charge in [-0.3, -0.25) is 0 Å². The zero-order valence-electron chi connectivity index (χ0n) is 15.2. The third-order valence-electron chi connectivity index (χ3n) is 4.28. The SMILES string of the molecule is Cc1nc(N(C)C)cc(N2CCN(C(=O)Nc3ccccc3Cl)CC2)n1. The fraction of sp³-hybridized carbons (Fsp3) is 0.389. The van der Waals surface area contributed by atoms with Crippen molar-refractivity contribution in [2.45, 2.75) is 6.92 Å². The highest BCUT2D eigenvalue weighted by atomic mass is 35.5. The molecule has 2 heterocycles. The van der Waals surface area contributed by atoms with Crippen molar-refractivity contribution in [3.8, 4) is 0 Å². The van der Waals surface area contributed by atoms with E-state index in [1.165, 1.54) is 0 Å². The van der Waals surface area contributed by atoms with E-state index in [-0.39, 0.29) is 6.03 Å². The number of halogens is 1. The number of urea groups is 1. The van der Waals surface area contributed by atoms with Crippen molar-refractivity contribution in [3.63, 3.8) is 0 Å². The molecule has 7 nitrogen and oxygen atoms in total. The number of nitrogens with zero attached hydrogens (tertiary/aromatic N) is 5. The number of aryl methyl sites for hydroxylation is 1. The summed E-state index contributed by atoms with van der Waals surface area (Å²) in [6.07, 6.45) is 0. The van der Waals surface area contributed by atoms with E-state index in [0.29, 0.717) is 23.8 Å². The number of nitrogens with one attached hydrogen (secondary N) is 1. The van der Waals surface area contributed by atoms with E-state index in [1.807, 2.05) is 44.1 Å². The molecule has 0 radical (unpaired) electrons. The van der Waals surface area contributed by atoms with E-state index in [1.54, 1.807) is 17.0 Å². The van der Waals surface area contributed by atoms with E-state index in [0.717, 1.165) is 30.5 Å². The minimum Gasteiger partial charge on any atom is -0.363 e. The maximum Gasteiger partial charge on any atom is 0.322 e. The van der Waals surface area contributed by atoms with Crippen molar-refractivity contribution in [1.29, 1.82) is 0 Å². The Hall–Kier alpha value is -2.54. The number of anilines is 3. The molecule has 0 saturated carbocycles. The molecular weight excluding hydrogens is 352 g/mol. The van der Waals surface area contributed by atoms with Crippen LogP contribution in [0.4, 0.5) is 22.1 Å². The normalized spacial score (nSPS) is 14.3. The lowest BCUT2D eigenvalue weighted by atomic mass is 10.3. The molecule has 8 heteroatoms. The third-order valence-corrected chi connectivity index (χ3v) is 4.61. The summed E-state index contributed by atoms with van der Waals surface area (Å²) in [6.45, 7) is 4.58. The van der Waals surface area contributed by atoms with Gasteiger partial charge in [0, 0.05) is 46.3 Å². The van der Waals surface area contributed by atoms with Crippen molar-refractivity contribution in [2.75, 3.05) is 55.4 Å². The predicted octanol–water partition coefficient (Wildman–Crippen LogP) is 2.86. The van der Waals surface area contributed by atoms with Gasteiger partial charge < -0.3 is 20.0 Å². The number of amides is 2. The standard InChI is InChI=1S/C18H23ClN6O/c1-13-20-16(23(2)3)12-17(21-13)24-8-10-25(11-9-24)18(26)22-15-7-5-4-6-14(15)19/h4-7,12H,8-11H2,1-3H3,(H,22,26). The fourth-order valence-electron chi connectivity index (χ4n) is 2.82. The molecule has 138 valence electrons. The van der Waals surface area contributed by atoms with Gasteiger partial charge in [-0.1, -0.05) is 23.7 Å². The van der Waals surface area contributed by atoms with Crippen molar-refractivity contribution in [2.24, 2.45) is 0 Å². The van der Waals surface area contributed by atoms with Crippen LogP contribution < -0.4 is 15.1 Å². The first-order valence-electron chi connectivity index (χ1n) is 8.52. The molecule has 1 saturated heterocycles. The monoisotopic (exact) mass is 374 g/mol. The molecule has 26 heavy (non-hydrogen) atoms. The molecular formula is C18H23ClN6O. The molecule has 0 atom stereocenters. The van der Waals surface area contributed by atoms with E-state index in [2.05, 4.69) is 20.2 Å². The number of hydrogen-bond acceptors (Lipinski definition) is 5. The van der Waals surface area contributed by atoms with Gasteiger partial charge in [0.2, 0.25) is 0 Å². The number of rotatable bonds is 3. The van der Waals surface area contributed by atoms with Gasteiger partial charge in [0.05, 0.1) is 10.7 Å². The lowest BCUT2D eigenvalue weighted by Crippen LogP contribution is -2.50. The number of benzene rings is 1. The van der Waals surface area contributed by atoms with Crippen LogP contribution in [-0.2, 0) is 0 Å². The summed E-state index contributed by atoms with van der Waals surface area (Å²) >= 11 is 6.11. The first kappa shape index (κ1) is 18.3. The van der Waals surface area contributed by atoms with Crippen LogP contribution in [-0.4, -0.2) is 61.2 Å². The lowest BCUT2D eigenvalue weighted by Gasteiger charge is -2.35. The molecule has 0 aliphatic carbocycles. The molecule has 2 aromatic rings. The van der Waals surface area contributed by atoms with Crippen molar-refractivity contribution in [3.05, 3.63) is 41.2 Å². The highest BCUT2D eigenvalue weighted by molar-refractivity contribution is 6.33. The van der Waals surface area contributed by atoms with Crippen molar-refractivity contribution in [1.82, 2.24) is 14.9 Å². The minimum atomic E-state index is -0.134. The maximum absolute atomic E-state index is 12.5. The Balaban J connectivity index is 1.62. The summed E-state index contributed by atoms with van der Waals surface area (Å²) in [5, 5.41) is 3.41. The van der Waals surface area contributed by atoms with Gasteiger partial charge in [-0.15, -0.1) is 0 Å². The predicted molar refractivity (Wildman–Crippen MR) is 105 cm³/mol. The average molecular weight is 375 g/mol. The molecule has 1 aromatic heterocycles. The minimum absolute atomic E-state index is 0.134. The summed E-state index contributed by atoms with van der Waals surface area (Å²) in [7, 11) is 3.92. The van der Waals surface area contributed by atoms with Crippen LogP contribution in [0.1, 0.15) is 5.82 Å². The van der Waals surface area contributed by atoms with Gasteiger partial charge in [-0.25, -0.2) is 14.8 Å². The number of aromatic nitrogens is 2. The van der Waals surface area contributed by atoms with Crippen molar-refractivity contribution < 1.29 is 4.79 Å². The molecule has 2 amide bonds. The van der Waals surface area contributed by atoms with Gasteiger partial charge in [-0.05, 0) is 19.1 Å². The van der Waals surface area contributed by atoms with Gasteiger partial charge in [0.25, 0.3) is 0 Å². The maximum atomic E-state index is 12.5. The van der Waals surface area contributed by atoms with Gasteiger partial charge >= 0.3 is 6.03 Å². The second kappa shape index (κ2) is 7.78. The Morgan fingerprint density at radius 2 is 1.85 bits per heavy atom. The zero-order chi connectivity index (χ0) is 18.7. The Morgan fingerprint density at radius 1 is 1.15 bits per heavy atom. The smallest absolute Gasteiger partial charge is 0.322 e. The van der Waals surface area contributed by atoms with Crippen LogP contribution in [0.5, 0.6) is 0 Å². The first-order valence-corrected chi connectivity index (χ1v) is 8.90. The second-order valence-electron chi connectivity index (χ2n) is 6.41. The van der Waals surface area contributed by atoms with E-state index < -0.39 is 0 Å². The third kappa shape index (κ3) is 4.16. The summed E-state index contributed by atoms with van der Waals surface area (Å²) in [5.41, 5.74) is 0.628. The number of hydrogen-bond donors (Lipinski definition) is 1. The van der Waals surface area contributed by atoms with Crippen LogP contribution in [0, 0.1) is 6.92 Å². The summed E-state index contributed by atoms with van der Waals surface area (Å²) in [6, 6.07) is 9.08. The zero-order valence-corrected chi connectivity index (χ0v) is 16.0. The van der Waals surface area contributed by atoms with Crippen LogP contribution in [0.3, 0.4) is 0 Å². The lowest BCUT2D eigenvalue weighted by molar-refractivity contribution is 0.208. The summed E-state index contributed by atoms with van der Waals surface area (Å²) in [5.74, 6) is 2.52. The molecule has 1 fully saturated rings. The van der Waals surface area contributed by atoms with Crippen LogP contribution in [0.15, 0.2) is 30.3 Å². The molecule has 3 rings (SSSR count). The average Bonchev–Trinajstić information content (AvgIpc) is 2.63. The molecule has 1 N–H and O–H groups in total. The molecule has 0 unspecified atom stereocenters. The van der Waals surface area contributed by atoms with Gasteiger partial charge in [0.1, 0.15) is 17.5 Å². The Kier molecular flexibility index (Phi) is 5.46. The second-order valence-corrected chi connectivity index (χ2v) is 6.82. The number of para-hydroxylation sites is 1. The quantitative estimate of drug-likeness (QED) is 0.894. The Labute approximate surface area is 158 Å². The highest BCUT2D eigenvalue weighted by Crippen LogP contribution is 2.22. The Bertz CT molecular complexity index is 789. The first-order chi connectivity index (χ1) is 12.4. The van der Waals surface area contributed by atoms with Gasteiger partial charge in [0.15, 0.2) is 0 Å². The topological polar surface area (TPSA) is 64.6 Å². The van der Waals surface area contributed by atoms with E-state index in [9.17, 15) is 4.79 Å². The van der Waals surface area contributed by atoms with E-state index in [4.69, 9.17) is 11.6 Å². The van der Waals surface area contributed by atoms with E-state index >= 15 is 0 Å². The number of carbonyl (C=O) groups excluding carboxylic acids is 1. The molecule has 1 aliphatic rings. The summed E-state index contributed by atoms with van der Waals surface area (Å²) in [4.78, 5) is 27.4. The molecule has 0 spiro atoms.